The molecular weight excluding hydrogens is 370 g/mol. The number of amides is 4. The van der Waals surface area contributed by atoms with E-state index in [1.165, 1.54) is 11.0 Å². The first-order valence-corrected chi connectivity index (χ1v) is 10.4. The van der Waals surface area contributed by atoms with E-state index in [-0.39, 0.29) is 41.2 Å². The molecule has 7 heteroatoms. The van der Waals surface area contributed by atoms with Crippen LogP contribution in [0.5, 0.6) is 0 Å². The third kappa shape index (κ3) is 3.78. The zero-order valence-corrected chi connectivity index (χ0v) is 17.6. The second-order valence-electron chi connectivity index (χ2n) is 7.97. The second-order valence-corrected chi connectivity index (χ2v) is 7.97. The summed E-state index contributed by atoms with van der Waals surface area (Å²) in [6.45, 7) is 9.58. The molecule has 2 aliphatic heterocycles. The Hall–Kier alpha value is -2.70. The van der Waals surface area contributed by atoms with Crippen LogP contribution in [0.15, 0.2) is 18.2 Å². The molecule has 7 nitrogen and oxygen atoms in total. The molecule has 29 heavy (non-hydrogen) atoms. The third-order valence-corrected chi connectivity index (χ3v) is 5.89. The van der Waals surface area contributed by atoms with Crippen molar-refractivity contribution in [2.24, 2.45) is 5.92 Å². The van der Waals surface area contributed by atoms with Gasteiger partial charge in [-0.05, 0) is 44.9 Å². The minimum Gasteiger partial charge on any atom is -0.339 e. The molecule has 2 aliphatic rings. The van der Waals surface area contributed by atoms with Crippen molar-refractivity contribution in [2.45, 2.75) is 46.6 Å². The van der Waals surface area contributed by atoms with Crippen LogP contribution in [-0.4, -0.2) is 70.5 Å². The molecule has 2 heterocycles. The lowest BCUT2D eigenvalue weighted by Crippen LogP contribution is -2.51. The highest BCUT2D eigenvalue weighted by Gasteiger charge is 2.38. The lowest BCUT2D eigenvalue weighted by molar-refractivity contribution is -0.137. The van der Waals surface area contributed by atoms with Crippen LogP contribution in [0.3, 0.4) is 0 Å². The van der Waals surface area contributed by atoms with Crippen LogP contribution in [0, 0.1) is 5.92 Å². The average Bonchev–Trinajstić information content (AvgIpc) is 2.98. The van der Waals surface area contributed by atoms with Gasteiger partial charge in [0.15, 0.2) is 0 Å². The number of fused-ring (bicyclic) bond motifs is 1. The first-order valence-electron chi connectivity index (χ1n) is 10.4. The molecule has 1 aromatic rings. The SMILES string of the molecule is CCC(CC)C(=O)N1CCN(C(=O)c2ccc3c(c2)C(=O)N(C(C)C)C3=O)CC1. The molecule has 0 N–H and O–H groups in total. The molecule has 1 fully saturated rings. The predicted octanol–water partition coefficient (Wildman–Crippen LogP) is 2.41. The Labute approximate surface area is 171 Å². The van der Waals surface area contributed by atoms with Gasteiger partial charge in [-0.2, -0.15) is 0 Å². The van der Waals surface area contributed by atoms with Crippen molar-refractivity contribution in [1.82, 2.24) is 14.7 Å². The third-order valence-electron chi connectivity index (χ3n) is 5.89. The first-order chi connectivity index (χ1) is 13.8. The van der Waals surface area contributed by atoms with E-state index in [0.29, 0.717) is 37.3 Å². The van der Waals surface area contributed by atoms with Crippen LogP contribution >= 0.6 is 0 Å². The molecule has 4 amide bonds. The minimum absolute atomic E-state index is 0.0430. The zero-order chi connectivity index (χ0) is 21.3. The summed E-state index contributed by atoms with van der Waals surface area (Å²) >= 11 is 0. The topological polar surface area (TPSA) is 78.0 Å². The van der Waals surface area contributed by atoms with Crippen molar-refractivity contribution in [1.29, 1.82) is 0 Å². The van der Waals surface area contributed by atoms with Crippen LogP contribution in [0.1, 0.15) is 71.6 Å². The van der Waals surface area contributed by atoms with Gasteiger partial charge in [0, 0.05) is 43.7 Å². The number of carbonyl (C=O) groups excluding carboxylic acids is 4. The monoisotopic (exact) mass is 399 g/mol. The minimum atomic E-state index is -0.352. The molecule has 0 spiro atoms. The molecule has 0 atom stereocenters. The van der Waals surface area contributed by atoms with E-state index < -0.39 is 0 Å². The van der Waals surface area contributed by atoms with Gasteiger partial charge >= 0.3 is 0 Å². The van der Waals surface area contributed by atoms with Gasteiger partial charge in [-0.1, -0.05) is 13.8 Å². The van der Waals surface area contributed by atoms with Gasteiger partial charge in [0.25, 0.3) is 17.7 Å². The van der Waals surface area contributed by atoms with Crippen molar-refractivity contribution in [3.05, 3.63) is 34.9 Å². The van der Waals surface area contributed by atoms with E-state index in [2.05, 4.69) is 0 Å². The molecule has 0 saturated carbocycles. The molecule has 0 aromatic heterocycles. The van der Waals surface area contributed by atoms with E-state index in [1.807, 2.05) is 18.7 Å². The van der Waals surface area contributed by atoms with E-state index in [0.717, 1.165) is 12.8 Å². The molecule has 0 aliphatic carbocycles. The Kier molecular flexibility index (Phi) is 6.05. The fourth-order valence-corrected chi connectivity index (χ4v) is 4.07. The summed E-state index contributed by atoms with van der Waals surface area (Å²) in [5, 5.41) is 0. The maximum absolute atomic E-state index is 12.9. The molecule has 0 radical (unpaired) electrons. The lowest BCUT2D eigenvalue weighted by Gasteiger charge is -2.36. The van der Waals surface area contributed by atoms with E-state index in [1.54, 1.807) is 30.9 Å². The number of rotatable bonds is 5. The standard InChI is InChI=1S/C22H29N3O4/c1-5-15(6-2)19(26)23-9-11-24(12-10-23)20(27)16-7-8-17-18(13-16)22(29)25(14(3)4)21(17)28/h7-8,13-15H,5-6,9-12H2,1-4H3. The van der Waals surface area contributed by atoms with E-state index in [9.17, 15) is 19.2 Å². The molecule has 0 unspecified atom stereocenters. The molecule has 0 bridgehead atoms. The Morgan fingerprint density at radius 3 is 2.00 bits per heavy atom. The zero-order valence-electron chi connectivity index (χ0n) is 17.6. The molecule has 1 saturated heterocycles. The molecule has 1 aromatic carbocycles. The maximum atomic E-state index is 12.9. The highest BCUT2D eigenvalue weighted by atomic mass is 16.2. The Balaban J connectivity index is 1.70. The Morgan fingerprint density at radius 1 is 0.897 bits per heavy atom. The number of piperazine rings is 1. The van der Waals surface area contributed by atoms with Crippen molar-refractivity contribution >= 4 is 23.6 Å². The highest BCUT2D eigenvalue weighted by molar-refractivity contribution is 6.22. The Morgan fingerprint density at radius 2 is 1.45 bits per heavy atom. The normalized spacial score (nSPS) is 16.8. The first kappa shape index (κ1) is 21.0. The smallest absolute Gasteiger partial charge is 0.261 e. The van der Waals surface area contributed by atoms with Gasteiger partial charge < -0.3 is 9.80 Å². The highest BCUT2D eigenvalue weighted by Crippen LogP contribution is 2.26. The fraction of sp³-hybridized carbons (Fsp3) is 0.545. The van der Waals surface area contributed by atoms with Crippen LogP contribution in [0.4, 0.5) is 0 Å². The van der Waals surface area contributed by atoms with Crippen molar-refractivity contribution in [2.75, 3.05) is 26.2 Å². The van der Waals surface area contributed by atoms with Crippen molar-refractivity contribution in [3.63, 3.8) is 0 Å². The quantitative estimate of drug-likeness (QED) is 0.713. The summed E-state index contributed by atoms with van der Waals surface area (Å²) in [4.78, 5) is 55.2. The number of hydrogen-bond acceptors (Lipinski definition) is 4. The van der Waals surface area contributed by atoms with Crippen LogP contribution in [0.25, 0.3) is 0 Å². The van der Waals surface area contributed by atoms with E-state index >= 15 is 0 Å². The Bertz CT molecular complexity index is 836. The largest absolute Gasteiger partial charge is 0.339 e. The number of imide groups is 1. The van der Waals surface area contributed by atoms with Crippen molar-refractivity contribution in [3.8, 4) is 0 Å². The lowest BCUT2D eigenvalue weighted by atomic mass is 10.0. The summed E-state index contributed by atoms with van der Waals surface area (Å²) in [6.07, 6.45) is 1.65. The van der Waals surface area contributed by atoms with Gasteiger partial charge in [-0.3, -0.25) is 24.1 Å². The molecule has 3 rings (SSSR count). The van der Waals surface area contributed by atoms with Crippen LogP contribution in [0.2, 0.25) is 0 Å². The van der Waals surface area contributed by atoms with Gasteiger partial charge in [0.2, 0.25) is 5.91 Å². The predicted molar refractivity (Wildman–Crippen MR) is 109 cm³/mol. The summed E-state index contributed by atoms with van der Waals surface area (Å²) < 4.78 is 0. The van der Waals surface area contributed by atoms with Crippen LogP contribution in [-0.2, 0) is 4.79 Å². The summed E-state index contributed by atoms with van der Waals surface area (Å²) in [5.74, 6) is -0.632. The van der Waals surface area contributed by atoms with Crippen molar-refractivity contribution < 1.29 is 19.2 Å². The van der Waals surface area contributed by atoms with Gasteiger partial charge in [0.1, 0.15) is 0 Å². The van der Waals surface area contributed by atoms with Gasteiger partial charge in [-0.15, -0.1) is 0 Å². The number of nitrogens with zero attached hydrogens (tertiary/aromatic N) is 3. The molecular formula is C22H29N3O4. The summed E-state index contributed by atoms with van der Waals surface area (Å²) in [6, 6.07) is 4.47. The second kappa shape index (κ2) is 8.35. The van der Waals surface area contributed by atoms with Gasteiger partial charge in [-0.25, -0.2) is 0 Å². The fourth-order valence-electron chi connectivity index (χ4n) is 4.07. The average molecular weight is 399 g/mol. The number of hydrogen-bond donors (Lipinski definition) is 0. The summed E-state index contributed by atoms with van der Waals surface area (Å²) in [7, 11) is 0. The van der Waals surface area contributed by atoms with E-state index in [4.69, 9.17) is 0 Å². The van der Waals surface area contributed by atoms with Gasteiger partial charge in [0.05, 0.1) is 11.1 Å². The van der Waals surface area contributed by atoms with Crippen LogP contribution < -0.4 is 0 Å². The number of carbonyl (C=O) groups is 4. The number of benzene rings is 1. The maximum Gasteiger partial charge on any atom is 0.261 e. The molecule has 156 valence electrons. The summed E-state index contributed by atoms with van der Waals surface area (Å²) in [5.41, 5.74) is 1.04.